The Hall–Kier alpha value is -2.68. The minimum Gasteiger partial charge on any atom is -0.493 e. The number of methoxy groups -OCH3 is 1. The lowest BCUT2D eigenvalue weighted by Gasteiger charge is -2.15. The van der Waals surface area contributed by atoms with Gasteiger partial charge in [-0.05, 0) is 72.3 Å². The van der Waals surface area contributed by atoms with Crippen LogP contribution in [0.15, 0.2) is 70.6 Å². The number of para-hydroxylation sites is 1. The van der Waals surface area contributed by atoms with Gasteiger partial charge in [-0.15, -0.1) is 0 Å². The maximum absolute atomic E-state index is 13.3. The molecule has 38 heavy (non-hydrogen) atoms. The summed E-state index contributed by atoms with van der Waals surface area (Å²) in [6, 6.07) is 18.3. The minimum absolute atomic E-state index is 0.153. The first kappa shape index (κ1) is 28.3. The molecule has 0 radical (unpaired) electrons. The Bertz CT molecular complexity index is 1370. The van der Waals surface area contributed by atoms with Gasteiger partial charge < -0.3 is 14.2 Å². The standard InChI is InChI=1S/C28H25Cl3N2O4S/c1-3-36-12-11-33-27(34)25(38-28(33)32-20-7-5-4-6-8-20)16-19-14-23(31)26(24(15-19)35-2)37-17-18-9-10-21(29)22(30)13-18/h4-10,13-16H,3,11-12,17H2,1-2H3/b25-16-,32-28?. The smallest absolute Gasteiger partial charge is 0.266 e. The number of thioether (sulfide) groups is 1. The van der Waals surface area contributed by atoms with Crippen molar-refractivity contribution in [3.05, 3.63) is 91.8 Å². The van der Waals surface area contributed by atoms with E-state index in [0.717, 1.165) is 11.3 Å². The van der Waals surface area contributed by atoms with Gasteiger partial charge in [-0.1, -0.05) is 59.1 Å². The molecule has 1 fully saturated rings. The highest BCUT2D eigenvalue weighted by Gasteiger charge is 2.33. The molecule has 0 N–H and O–H groups in total. The van der Waals surface area contributed by atoms with Crippen LogP contribution in [-0.2, 0) is 16.1 Å². The number of carbonyl (C=O) groups excluding carboxylic acids is 1. The van der Waals surface area contributed by atoms with Crippen LogP contribution in [0, 0.1) is 0 Å². The summed E-state index contributed by atoms with van der Waals surface area (Å²) in [7, 11) is 1.53. The Kier molecular flexibility index (Phi) is 9.99. The predicted octanol–water partition coefficient (Wildman–Crippen LogP) is 7.87. The zero-order chi connectivity index (χ0) is 27.1. The largest absolute Gasteiger partial charge is 0.493 e. The number of benzene rings is 3. The summed E-state index contributed by atoms with van der Waals surface area (Å²) in [5.74, 6) is 0.670. The lowest BCUT2D eigenvalue weighted by molar-refractivity contribution is -0.122. The van der Waals surface area contributed by atoms with Crippen molar-refractivity contribution in [2.45, 2.75) is 13.5 Å². The third-order valence-corrected chi connectivity index (χ3v) is 7.48. The molecule has 3 aromatic rings. The molecule has 0 atom stereocenters. The molecular weight excluding hydrogens is 567 g/mol. The maximum atomic E-state index is 13.3. The van der Waals surface area contributed by atoms with E-state index in [4.69, 9.17) is 54.0 Å². The first-order valence-electron chi connectivity index (χ1n) is 11.8. The predicted molar refractivity (Wildman–Crippen MR) is 156 cm³/mol. The van der Waals surface area contributed by atoms with Gasteiger partial charge in [0.25, 0.3) is 5.91 Å². The van der Waals surface area contributed by atoms with Crippen LogP contribution in [-0.4, -0.2) is 42.8 Å². The van der Waals surface area contributed by atoms with Gasteiger partial charge >= 0.3 is 0 Å². The van der Waals surface area contributed by atoms with Gasteiger partial charge in [0.2, 0.25) is 0 Å². The lowest BCUT2D eigenvalue weighted by Crippen LogP contribution is -2.32. The van der Waals surface area contributed by atoms with E-state index >= 15 is 0 Å². The number of carbonyl (C=O) groups is 1. The Balaban J connectivity index is 1.58. The van der Waals surface area contributed by atoms with Crippen molar-refractivity contribution in [1.29, 1.82) is 0 Å². The molecule has 0 unspecified atom stereocenters. The molecule has 0 aromatic heterocycles. The molecule has 1 amide bonds. The van der Waals surface area contributed by atoms with E-state index in [9.17, 15) is 4.79 Å². The number of ether oxygens (including phenoxy) is 3. The van der Waals surface area contributed by atoms with Crippen molar-refractivity contribution in [1.82, 2.24) is 4.90 Å². The molecule has 198 valence electrons. The lowest BCUT2D eigenvalue weighted by atomic mass is 10.1. The number of aliphatic imine (C=N–C) groups is 1. The van der Waals surface area contributed by atoms with Crippen LogP contribution in [0.5, 0.6) is 11.5 Å². The van der Waals surface area contributed by atoms with Crippen LogP contribution in [0.1, 0.15) is 18.1 Å². The second-order valence-corrected chi connectivity index (χ2v) is 10.3. The average molecular weight is 592 g/mol. The van der Waals surface area contributed by atoms with Crippen molar-refractivity contribution >= 4 is 69.4 Å². The van der Waals surface area contributed by atoms with Crippen molar-refractivity contribution in [2.24, 2.45) is 4.99 Å². The SMILES string of the molecule is CCOCCN1C(=O)/C(=C/c2cc(Cl)c(OCc3ccc(Cl)c(Cl)c3)c(OC)c2)SC1=Nc1ccccc1. The van der Waals surface area contributed by atoms with Crippen LogP contribution in [0.2, 0.25) is 15.1 Å². The molecule has 1 saturated heterocycles. The molecule has 0 saturated carbocycles. The highest BCUT2D eigenvalue weighted by atomic mass is 35.5. The third kappa shape index (κ3) is 7.04. The van der Waals surface area contributed by atoms with Gasteiger partial charge in [0, 0.05) is 6.61 Å². The molecule has 0 aliphatic carbocycles. The van der Waals surface area contributed by atoms with Crippen LogP contribution in [0.25, 0.3) is 6.08 Å². The van der Waals surface area contributed by atoms with E-state index in [1.165, 1.54) is 18.9 Å². The quantitative estimate of drug-likeness (QED) is 0.177. The molecule has 1 aliphatic rings. The van der Waals surface area contributed by atoms with Crippen LogP contribution < -0.4 is 9.47 Å². The summed E-state index contributed by atoms with van der Waals surface area (Å²) in [4.78, 5) is 20.1. The van der Waals surface area contributed by atoms with Gasteiger partial charge in [0.05, 0.1) is 45.9 Å². The fourth-order valence-corrected chi connectivity index (χ4v) is 5.22. The summed E-state index contributed by atoms with van der Waals surface area (Å²) in [5, 5.41) is 1.85. The van der Waals surface area contributed by atoms with E-state index in [2.05, 4.69) is 0 Å². The van der Waals surface area contributed by atoms with E-state index in [-0.39, 0.29) is 12.5 Å². The van der Waals surface area contributed by atoms with Gasteiger partial charge in [-0.3, -0.25) is 9.69 Å². The maximum Gasteiger partial charge on any atom is 0.266 e. The fraction of sp³-hybridized carbons (Fsp3) is 0.214. The molecule has 0 spiro atoms. The summed E-state index contributed by atoms with van der Waals surface area (Å²) in [6.45, 7) is 3.51. The van der Waals surface area contributed by atoms with Gasteiger partial charge in [0.15, 0.2) is 16.7 Å². The minimum atomic E-state index is -0.153. The van der Waals surface area contributed by atoms with Gasteiger partial charge in [-0.2, -0.15) is 0 Å². The van der Waals surface area contributed by atoms with Crippen LogP contribution >= 0.6 is 46.6 Å². The molecule has 10 heteroatoms. The van der Waals surface area contributed by atoms with E-state index in [1.807, 2.05) is 43.3 Å². The molecule has 1 heterocycles. The van der Waals surface area contributed by atoms with Crippen molar-refractivity contribution in [2.75, 3.05) is 26.9 Å². The Morgan fingerprint density at radius 3 is 2.50 bits per heavy atom. The number of nitrogens with zero attached hydrogens (tertiary/aromatic N) is 2. The summed E-state index contributed by atoms with van der Waals surface area (Å²) in [6.07, 6.45) is 1.77. The number of rotatable bonds is 10. The Morgan fingerprint density at radius 2 is 1.79 bits per heavy atom. The first-order valence-corrected chi connectivity index (χ1v) is 13.7. The number of amidine groups is 1. The first-order chi connectivity index (χ1) is 18.4. The third-order valence-electron chi connectivity index (χ3n) is 5.45. The highest BCUT2D eigenvalue weighted by molar-refractivity contribution is 8.18. The average Bonchev–Trinajstić information content (AvgIpc) is 3.19. The highest BCUT2D eigenvalue weighted by Crippen LogP contribution is 2.40. The summed E-state index contributed by atoms with van der Waals surface area (Å²) in [5.41, 5.74) is 2.28. The normalized spacial score (nSPS) is 15.5. The molecule has 1 aliphatic heterocycles. The van der Waals surface area contributed by atoms with E-state index in [0.29, 0.717) is 62.0 Å². The van der Waals surface area contributed by atoms with Crippen molar-refractivity contribution in [3.63, 3.8) is 0 Å². The molecule has 6 nitrogen and oxygen atoms in total. The summed E-state index contributed by atoms with van der Waals surface area (Å²) < 4.78 is 17.0. The number of hydrogen-bond acceptors (Lipinski definition) is 6. The summed E-state index contributed by atoms with van der Waals surface area (Å²) >= 11 is 20.0. The topological polar surface area (TPSA) is 60.4 Å². The van der Waals surface area contributed by atoms with Crippen molar-refractivity contribution < 1.29 is 19.0 Å². The number of halogens is 3. The number of amides is 1. The Labute approximate surface area is 241 Å². The second kappa shape index (κ2) is 13.4. The van der Waals surface area contributed by atoms with E-state index < -0.39 is 0 Å². The molecule has 4 rings (SSSR count). The zero-order valence-electron chi connectivity index (χ0n) is 20.7. The van der Waals surface area contributed by atoms with Gasteiger partial charge in [0.1, 0.15) is 6.61 Å². The van der Waals surface area contributed by atoms with Crippen LogP contribution in [0.3, 0.4) is 0 Å². The Morgan fingerprint density at radius 1 is 1.00 bits per heavy atom. The number of hydrogen-bond donors (Lipinski definition) is 0. The fourth-order valence-electron chi connectivity index (χ4n) is 3.60. The van der Waals surface area contributed by atoms with E-state index in [1.54, 1.807) is 35.2 Å². The molecule has 0 bridgehead atoms. The molecular formula is C28H25Cl3N2O4S. The van der Waals surface area contributed by atoms with Gasteiger partial charge in [-0.25, -0.2) is 4.99 Å². The second-order valence-electron chi connectivity index (χ2n) is 8.07. The van der Waals surface area contributed by atoms with Crippen molar-refractivity contribution in [3.8, 4) is 11.5 Å². The monoisotopic (exact) mass is 590 g/mol. The zero-order valence-corrected chi connectivity index (χ0v) is 23.8. The molecule has 3 aromatic carbocycles. The van der Waals surface area contributed by atoms with Crippen LogP contribution in [0.4, 0.5) is 5.69 Å².